The van der Waals surface area contributed by atoms with E-state index in [1.165, 1.54) is 36.6 Å². The zero-order chi connectivity index (χ0) is 25.3. The van der Waals surface area contributed by atoms with Crippen LogP contribution in [0.2, 0.25) is 0 Å². The van der Waals surface area contributed by atoms with Crippen LogP contribution in [0.4, 0.5) is 23.2 Å². The Morgan fingerprint density at radius 3 is 2.22 bits per heavy atom. The van der Waals surface area contributed by atoms with Crippen LogP contribution in [0.15, 0.2) is 48.7 Å². The molecule has 2 fully saturated rings. The van der Waals surface area contributed by atoms with Gasteiger partial charge in [-0.25, -0.2) is 4.39 Å². The Hall–Kier alpha value is -3.34. The lowest BCUT2D eigenvalue weighted by molar-refractivity contribution is -0.137. The lowest BCUT2D eigenvalue weighted by Gasteiger charge is -2.30. The van der Waals surface area contributed by atoms with Gasteiger partial charge >= 0.3 is 6.18 Å². The molecule has 8 heteroatoms. The summed E-state index contributed by atoms with van der Waals surface area (Å²) in [6, 6.07) is 11.2. The molecular weight excluding hydrogens is 468 g/mol. The number of benzene rings is 2. The summed E-state index contributed by atoms with van der Waals surface area (Å²) in [7, 11) is 0. The highest BCUT2D eigenvalue weighted by Crippen LogP contribution is 2.39. The Morgan fingerprint density at radius 1 is 0.944 bits per heavy atom. The van der Waals surface area contributed by atoms with Crippen molar-refractivity contribution in [1.82, 2.24) is 9.88 Å². The Kier molecular flexibility index (Phi) is 6.74. The minimum atomic E-state index is -4.58. The number of halogens is 4. The van der Waals surface area contributed by atoms with Crippen LogP contribution in [-0.2, 0) is 25.9 Å². The van der Waals surface area contributed by atoms with Gasteiger partial charge in [-0.2, -0.15) is 18.4 Å². The van der Waals surface area contributed by atoms with Crippen molar-refractivity contribution < 1.29 is 17.6 Å². The van der Waals surface area contributed by atoms with E-state index in [0.717, 1.165) is 47.4 Å². The molecule has 2 aliphatic carbocycles. The summed E-state index contributed by atoms with van der Waals surface area (Å²) in [5.74, 6) is 1.33. The van der Waals surface area contributed by atoms with Crippen LogP contribution >= 0.6 is 0 Å². The molecule has 188 valence electrons. The van der Waals surface area contributed by atoms with Gasteiger partial charge in [0.2, 0.25) is 0 Å². The van der Waals surface area contributed by atoms with Crippen LogP contribution in [0.5, 0.6) is 0 Å². The highest BCUT2D eigenvalue weighted by atomic mass is 19.4. The standard InChI is InChI=1S/C28H28F4N4/c29-12-21-9-22(11-24(10-21)28(30,31)32)14-35(18-33)17-23-13-34-26-4-2-1-3-25(26)27(23)36(15-19-5-6-19)16-20-7-8-20/h1-4,9-11,13,19-20H,5-8,12,14-17H2. The van der Waals surface area contributed by atoms with Gasteiger partial charge in [0.1, 0.15) is 6.67 Å². The number of hydrogen-bond acceptors (Lipinski definition) is 4. The van der Waals surface area contributed by atoms with Crippen molar-refractivity contribution in [2.45, 2.75) is 51.6 Å². The molecule has 0 spiro atoms. The monoisotopic (exact) mass is 496 g/mol. The third kappa shape index (κ3) is 5.72. The molecule has 0 bridgehead atoms. The van der Waals surface area contributed by atoms with Gasteiger partial charge in [-0.05, 0) is 66.8 Å². The van der Waals surface area contributed by atoms with E-state index in [1.54, 1.807) is 6.20 Å². The molecule has 0 amide bonds. The van der Waals surface area contributed by atoms with Crippen molar-refractivity contribution in [3.05, 3.63) is 70.9 Å². The van der Waals surface area contributed by atoms with Crippen LogP contribution in [0.1, 0.15) is 47.9 Å². The normalized spacial score (nSPS) is 15.6. The maximum Gasteiger partial charge on any atom is 0.416 e. The number of hydrogen-bond donors (Lipinski definition) is 0. The van der Waals surface area contributed by atoms with Crippen molar-refractivity contribution in [2.75, 3.05) is 18.0 Å². The number of nitriles is 1. The first kappa shape index (κ1) is 24.4. The van der Waals surface area contributed by atoms with E-state index in [2.05, 4.69) is 16.1 Å². The lowest BCUT2D eigenvalue weighted by Crippen LogP contribution is -2.30. The van der Waals surface area contributed by atoms with Gasteiger partial charge in [-0.1, -0.05) is 24.3 Å². The third-order valence-electron chi connectivity index (χ3n) is 6.90. The van der Waals surface area contributed by atoms with Crippen molar-refractivity contribution in [3.8, 4) is 6.19 Å². The predicted octanol–water partition coefficient (Wildman–Crippen LogP) is 6.83. The summed E-state index contributed by atoms with van der Waals surface area (Å²) in [6.45, 7) is 1.07. The summed E-state index contributed by atoms with van der Waals surface area (Å²) < 4.78 is 53.3. The molecule has 4 nitrogen and oxygen atoms in total. The highest BCUT2D eigenvalue weighted by Gasteiger charge is 2.32. The van der Waals surface area contributed by atoms with Crippen molar-refractivity contribution in [2.24, 2.45) is 11.8 Å². The van der Waals surface area contributed by atoms with Crippen molar-refractivity contribution in [1.29, 1.82) is 5.26 Å². The second-order valence-electron chi connectivity index (χ2n) is 10.1. The van der Waals surface area contributed by atoms with E-state index in [1.807, 2.05) is 24.3 Å². The number of para-hydroxylation sites is 1. The molecule has 0 N–H and O–H groups in total. The van der Waals surface area contributed by atoms with Gasteiger partial charge in [0.15, 0.2) is 6.19 Å². The zero-order valence-corrected chi connectivity index (χ0v) is 19.9. The molecule has 36 heavy (non-hydrogen) atoms. The van der Waals surface area contributed by atoms with E-state index in [-0.39, 0.29) is 24.2 Å². The van der Waals surface area contributed by atoms with Gasteiger partial charge in [-0.15, -0.1) is 0 Å². The van der Waals surface area contributed by atoms with E-state index in [9.17, 15) is 22.8 Å². The summed E-state index contributed by atoms with van der Waals surface area (Å²) in [4.78, 5) is 8.48. The fraction of sp³-hybridized carbons (Fsp3) is 0.429. The van der Waals surface area contributed by atoms with Crippen LogP contribution < -0.4 is 4.90 Å². The fourth-order valence-corrected chi connectivity index (χ4v) is 4.79. The van der Waals surface area contributed by atoms with Gasteiger partial charge in [0, 0.05) is 30.2 Å². The lowest BCUT2D eigenvalue weighted by atomic mass is 10.0. The van der Waals surface area contributed by atoms with Crippen molar-refractivity contribution >= 4 is 16.6 Å². The number of rotatable bonds is 10. The zero-order valence-electron chi connectivity index (χ0n) is 19.9. The number of aromatic nitrogens is 1. The first-order valence-electron chi connectivity index (χ1n) is 12.4. The summed E-state index contributed by atoms with van der Waals surface area (Å²) in [5.41, 5.74) is 2.11. The maximum atomic E-state index is 13.3. The largest absolute Gasteiger partial charge is 0.416 e. The molecule has 3 aromatic rings. The van der Waals surface area contributed by atoms with Gasteiger partial charge in [0.05, 0.1) is 29.9 Å². The summed E-state index contributed by atoms with van der Waals surface area (Å²) in [6.07, 6.45) is 4.20. The quantitative estimate of drug-likeness (QED) is 0.175. The molecule has 2 aromatic carbocycles. The average Bonchev–Trinajstić information content (AvgIpc) is 3.79. The number of fused-ring (bicyclic) bond motifs is 1. The third-order valence-corrected chi connectivity index (χ3v) is 6.90. The van der Waals surface area contributed by atoms with Gasteiger partial charge < -0.3 is 9.80 Å². The molecule has 0 unspecified atom stereocenters. The van der Waals surface area contributed by atoms with Crippen molar-refractivity contribution in [3.63, 3.8) is 0 Å². The second-order valence-corrected chi connectivity index (χ2v) is 10.1. The summed E-state index contributed by atoms with van der Waals surface area (Å²) in [5, 5.41) is 10.9. The molecule has 2 saturated carbocycles. The summed E-state index contributed by atoms with van der Waals surface area (Å²) >= 11 is 0. The smallest absolute Gasteiger partial charge is 0.370 e. The fourth-order valence-electron chi connectivity index (χ4n) is 4.79. The molecule has 1 heterocycles. The number of nitrogens with zero attached hydrogens (tertiary/aromatic N) is 4. The number of alkyl halides is 4. The highest BCUT2D eigenvalue weighted by molar-refractivity contribution is 5.93. The molecule has 5 rings (SSSR count). The van der Waals surface area contributed by atoms with Gasteiger partial charge in [0.25, 0.3) is 0 Å². The Morgan fingerprint density at radius 2 is 1.61 bits per heavy atom. The topological polar surface area (TPSA) is 43.2 Å². The van der Waals surface area contributed by atoms with Gasteiger partial charge in [-0.3, -0.25) is 4.98 Å². The first-order valence-corrected chi connectivity index (χ1v) is 12.4. The molecule has 0 aliphatic heterocycles. The van der Waals surface area contributed by atoms with E-state index in [0.29, 0.717) is 11.8 Å². The molecular formula is C28H28F4N4. The minimum absolute atomic E-state index is 0.0502. The molecule has 0 radical (unpaired) electrons. The van der Waals surface area contributed by atoms with E-state index in [4.69, 9.17) is 0 Å². The Labute approximate surface area is 208 Å². The number of pyridine rings is 1. The Balaban J connectivity index is 1.48. The average molecular weight is 497 g/mol. The first-order chi connectivity index (χ1) is 17.3. The predicted molar refractivity (Wildman–Crippen MR) is 131 cm³/mol. The van der Waals surface area contributed by atoms with E-state index >= 15 is 0 Å². The molecule has 0 saturated heterocycles. The Bertz CT molecular complexity index is 1260. The molecule has 1 aromatic heterocycles. The SMILES string of the molecule is N#CN(Cc1cc(CF)cc(C(F)(F)F)c1)Cc1cnc2ccccc2c1N(CC1CC1)CC1CC1. The van der Waals surface area contributed by atoms with Crippen LogP contribution in [0.3, 0.4) is 0 Å². The minimum Gasteiger partial charge on any atom is -0.370 e. The van der Waals surface area contributed by atoms with E-state index < -0.39 is 18.4 Å². The second kappa shape index (κ2) is 9.96. The maximum absolute atomic E-state index is 13.3. The molecule has 0 atom stereocenters. The van der Waals surface area contributed by atoms with Crippen LogP contribution in [0.25, 0.3) is 10.9 Å². The van der Waals surface area contributed by atoms with Crippen LogP contribution in [-0.4, -0.2) is 23.0 Å². The molecule has 2 aliphatic rings. The van der Waals surface area contributed by atoms with Crippen LogP contribution in [0, 0.1) is 23.3 Å². The number of anilines is 1.